The maximum absolute atomic E-state index is 13.2. The minimum absolute atomic E-state index is 0.165. The van der Waals surface area contributed by atoms with Gasteiger partial charge in [0, 0.05) is 56.7 Å². The van der Waals surface area contributed by atoms with Crippen LogP contribution < -0.4 is 5.73 Å². The molecule has 2 aromatic rings. The molecule has 1 saturated heterocycles. The Morgan fingerprint density at radius 2 is 1.97 bits per heavy atom. The number of nitrogens with two attached hydrogens (primary N) is 1. The van der Waals surface area contributed by atoms with E-state index in [4.69, 9.17) is 10.5 Å². The van der Waals surface area contributed by atoms with Crippen LogP contribution in [0.15, 0.2) is 18.5 Å². The van der Waals surface area contributed by atoms with Crippen molar-refractivity contribution in [1.82, 2.24) is 19.4 Å². The van der Waals surface area contributed by atoms with Crippen LogP contribution >= 0.6 is 0 Å². The second kappa shape index (κ2) is 7.28. The molecule has 2 aromatic heterocycles. The van der Waals surface area contributed by atoms with Crippen LogP contribution in [0.5, 0.6) is 0 Å². The number of halogens is 3. The SMILES string of the molecule is COCCN1C[C@@H]2C(n3cc(-c4cnc(N)c(C(F)(F)F)c4)nc3C(C)C)[C@@H]2C1. The fraction of sp³-hybridized carbons (Fsp3) is 0.600. The van der Waals surface area contributed by atoms with E-state index in [1.165, 1.54) is 6.20 Å². The molecule has 4 rings (SSSR count). The van der Waals surface area contributed by atoms with Crippen molar-refractivity contribution in [3.05, 3.63) is 29.8 Å². The van der Waals surface area contributed by atoms with Crippen LogP contribution in [0.3, 0.4) is 0 Å². The lowest BCUT2D eigenvalue weighted by molar-refractivity contribution is -0.137. The second-order valence-electron chi connectivity index (χ2n) is 8.27. The summed E-state index contributed by atoms with van der Waals surface area (Å²) in [4.78, 5) is 10.8. The van der Waals surface area contributed by atoms with Gasteiger partial charge in [-0.3, -0.25) is 0 Å². The standard InChI is InChI=1S/C20H26F3N5O/c1-11(2)19-26-16(12-6-15(20(21,22)23)18(24)25-7-12)10-28(19)17-13-8-27(4-5-29-3)9-14(13)17/h6-7,10-11,13-14,17H,4-5,8-9H2,1-3H3,(H2,24,25)/t13-,14+,17?. The number of piperidine rings is 1. The van der Waals surface area contributed by atoms with Crippen molar-refractivity contribution in [1.29, 1.82) is 0 Å². The van der Waals surface area contributed by atoms with E-state index in [0.717, 1.165) is 38.1 Å². The topological polar surface area (TPSA) is 69.2 Å². The number of hydrogen-bond acceptors (Lipinski definition) is 5. The van der Waals surface area contributed by atoms with Gasteiger partial charge in [0.2, 0.25) is 0 Å². The molecule has 158 valence electrons. The van der Waals surface area contributed by atoms with Gasteiger partial charge >= 0.3 is 6.18 Å². The molecule has 0 radical (unpaired) electrons. The van der Waals surface area contributed by atoms with Crippen molar-refractivity contribution >= 4 is 5.82 Å². The van der Waals surface area contributed by atoms with Crippen molar-refractivity contribution < 1.29 is 17.9 Å². The summed E-state index contributed by atoms with van der Waals surface area (Å²) in [6.07, 6.45) is -1.30. The van der Waals surface area contributed by atoms with E-state index in [2.05, 4.69) is 19.4 Å². The molecule has 29 heavy (non-hydrogen) atoms. The Bertz CT molecular complexity index is 883. The highest BCUT2D eigenvalue weighted by molar-refractivity contribution is 5.62. The maximum atomic E-state index is 13.2. The number of pyridine rings is 1. The van der Waals surface area contributed by atoms with Crippen molar-refractivity contribution in [2.24, 2.45) is 11.8 Å². The van der Waals surface area contributed by atoms with Crippen molar-refractivity contribution in [3.63, 3.8) is 0 Å². The van der Waals surface area contributed by atoms with Crippen LogP contribution in [-0.4, -0.2) is 52.8 Å². The van der Waals surface area contributed by atoms with Crippen LogP contribution in [0.1, 0.15) is 37.2 Å². The molecule has 2 fully saturated rings. The first-order chi connectivity index (χ1) is 13.7. The third-order valence-electron chi connectivity index (χ3n) is 5.95. The predicted molar refractivity (Wildman–Crippen MR) is 103 cm³/mol. The molecule has 3 atom stereocenters. The van der Waals surface area contributed by atoms with Gasteiger partial charge < -0.3 is 19.9 Å². The molecule has 0 aromatic carbocycles. The molecule has 0 amide bonds. The molecule has 0 spiro atoms. The Morgan fingerprint density at radius 3 is 2.55 bits per heavy atom. The highest BCUT2D eigenvalue weighted by Crippen LogP contribution is 2.56. The minimum atomic E-state index is -4.55. The average molecular weight is 409 g/mol. The number of ether oxygens (including phenoxy) is 1. The lowest BCUT2D eigenvalue weighted by Crippen LogP contribution is -2.28. The van der Waals surface area contributed by atoms with E-state index in [9.17, 15) is 13.2 Å². The number of rotatable bonds is 6. The molecule has 1 unspecified atom stereocenters. The van der Waals surface area contributed by atoms with Gasteiger partial charge in [-0.1, -0.05) is 13.8 Å². The molecule has 9 heteroatoms. The number of anilines is 1. The molecule has 2 aliphatic rings. The van der Waals surface area contributed by atoms with E-state index in [0.29, 0.717) is 29.1 Å². The number of fused-ring (bicyclic) bond motifs is 1. The number of alkyl halides is 3. The molecule has 2 N–H and O–H groups in total. The van der Waals surface area contributed by atoms with E-state index < -0.39 is 17.6 Å². The quantitative estimate of drug-likeness (QED) is 0.792. The molecular weight excluding hydrogens is 383 g/mol. The average Bonchev–Trinajstić information content (AvgIpc) is 3.00. The van der Waals surface area contributed by atoms with Gasteiger partial charge in [-0.2, -0.15) is 13.2 Å². The molecular formula is C20H26F3N5O. The van der Waals surface area contributed by atoms with Crippen LogP contribution in [0.4, 0.5) is 19.0 Å². The Labute approximate surface area is 167 Å². The Morgan fingerprint density at radius 1 is 1.28 bits per heavy atom. The van der Waals surface area contributed by atoms with E-state index in [1.54, 1.807) is 7.11 Å². The molecule has 3 heterocycles. The second-order valence-corrected chi connectivity index (χ2v) is 8.27. The normalized spacial score (nSPS) is 24.3. The number of nitrogens with zero attached hydrogens (tertiary/aromatic N) is 4. The highest BCUT2D eigenvalue weighted by atomic mass is 19.4. The van der Waals surface area contributed by atoms with Crippen LogP contribution in [0.2, 0.25) is 0 Å². The minimum Gasteiger partial charge on any atom is -0.383 e. The molecule has 6 nitrogen and oxygen atoms in total. The first-order valence-electron chi connectivity index (χ1n) is 9.83. The summed E-state index contributed by atoms with van der Waals surface area (Å²) in [6.45, 7) is 7.79. The third kappa shape index (κ3) is 3.73. The molecule has 1 aliphatic heterocycles. The van der Waals surface area contributed by atoms with Crippen LogP contribution in [-0.2, 0) is 10.9 Å². The molecule has 0 bridgehead atoms. The maximum Gasteiger partial charge on any atom is 0.419 e. The number of hydrogen-bond donors (Lipinski definition) is 1. The Kier molecular flexibility index (Phi) is 5.06. The van der Waals surface area contributed by atoms with Gasteiger partial charge in [0.25, 0.3) is 0 Å². The van der Waals surface area contributed by atoms with Gasteiger partial charge in [0.15, 0.2) is 0 Å². The predicted octanol–water partition coefficient (Wildman–Crippen LogP) is 3.42. The van der Waals surface area contributed by atoms with E-state index in [-0.39, 0.29) is 5.92 Å². The fourth-order valence-electron chi connectivity index (χ4n) is 4.45. The van der Waals surface area contributed by atoms with Crippen molar-refractivity contribution in [2.75, 3.05) is 39.1 Å². The van der Waals surface area contributed by atoms with Gasteiger partial charge in [-0.15, -0.1) is 0 Å². The van der Waals surface area contributed by atoms with E-state index >= 15 is 0 Å². The molecule has 1 aliphatic carbocycles. The van der Waals surface area contributed by atoms with Crippen LogP contribution in [0.25, 0.3) is 11.3 Å². The zero-order valence-corrected chi connectivity index (χ0v) is 16.8. The zero-order valence-electron chi connectivity index (χ0n) is 16.8. The van der Waals surface area contributed by atoms with Crippen molar-refractivity contribution in [2.45, 2.75) is 32.0 Å². The smallest absolute Gasteiger partial charge is 0.383 e. The number of imidazole rings is 1. The summed E-state index contributed by atoms with van der Waals surface area (Å²) in [5, 5.41) is 0. The van der Waals surface area contributed by atoms with Crippen molar-refractivity contribution in [3.8, 4) is 11.3 Å². The van der Waals surface area contributed by atoms with Gasteiger partial charge in [-0.05, 0) is 17.9 Å². The largest absolute Gasteiger partial charge is 0.419 e. The fourth-order valence-corrected chi connectivity index (χ4v) is 4.45. The summed E-state index contributed by atoms with van der Waals surface area (Å²) in [5.74, 6) is 1.66. The highest BCUT2D eigenvalue weighted by Gasteiger charge is 2.57. The summed E-state index contributed by atoms with van der Waals surface area (Å²) in [6, 6.07) is 1.40. The zero-order chi connectivity index (χ0) is 20.9. The number of likely N-dealkylation sites (tertiary alicyclic amines) is 1. The lowest BCUT2D eigenvalue weighted by Gasteiger charge is -2.20. The first kappa shape index (κ1) is 20.2. The lowest BCUT2D eigenvalue weighted by atomic mass is 10.1. The summed E-state index contributed by atoms with van der Waals surface area (Å²) in [7, 11) is 1.71. The van der Waals surface area contributed by atoms with E-state index in [1.807, 2.05) is 20.0 Å². The molecule has 1 saturated carbocycles. The number of methoxy groups -OCH3 is 1. The Hall–Kier alpha value is -2.13. The number of aromatic nitrogens is 3. The van der Waals surface area contributed by atoms with Gasteiger partial charge in [-0.25, -0.2) is 9.97 Å². The van der Waals surface area contributed by atoms with Gasteiger partial charge in [0.1, 0.15) is 11.6 Å². The monoisotopic (exact) mass is 409 g/mol. The number of nitrogen functional groups attached to an aromatic ring is 1. The third-order valence-corrected chi connectivity index (χ3v) is 5.95. The first-order valence-corrected chi connectivity index (χ1v) is 9.83. The Balaban J connectivity index is 1.60. The summed E-state index contributed by atoms with van der Waals surface area (Å²) >= 11 is 0. The van der Waals surface area contributed by atoms with Crippen LogP contribution in [0, 0.1) is 11.8 Å². The summed E-state index contributed by atoms with van der Waals surface area (Å²) in [5.41, 5.74) is 5.35. The van der Waals surface area contributed by atoms with Gasteiger partial charge in [0.05, 0.1) is 17.9 Å². The summed E-state index contributed by atoms with van der Waals surface area (Å²) < 4.78 is 47.0.